The highest BCUT2D eigenvalue weighted by Gasteiger charge is 2.42. The number of aliphatic hydroxyl groups excluding tert-OH is 1. The third-order valence-electron chi connectivity index (χ3n) is 12.7. The number of nitrogens with zero attached hydrogens (tertiary/aromatic N) is 1. The van der Waals surface area contributed by atoms with E-state index < -0.39 is 58.3 Å². The number of aromatic hydroxyl groups is 1. The summed E-state index contributed by atoms with van der Waals surface area (Å²) in [7, 11) is 0. The zero-order chi connectivity index (χ0) is 47.8. The van der Waals surface area contributed by atoms with Crippen molar-refractivity contribution >= 4 is 28.7 Å². The van der Waals surface area contributed by atoms with Gasteiger partial charge in [0.1, 0.15) is 11.5 Å². The standard InChI is InChI=1S/C52H53F2N5O9/c53-47-34(27-55-28-44(61)40-16-18-43(60)49-41(40)17-19-45(62)58-49)14-15-42(48(47)54)50(64)57-38-25-37(26-38)56-46(63)31-67-39-13-7-12-36(24-39)52(66,35-10-5-2-6-11-35)51(65)68-30-33-20-22-59(23-21-33)29-32-8-3-1-4-9-32/h1-19,24,33,37-38,44,55,60-61,66H,20-23,25-31H2,(H,56,63)(H,57,64)(H,58,62)/t37?,38?,44-,52?/m0/s1. The Labute approximate surface area is 390 Å². The van der Waals surface area contributed by atoms with Crippen molar-refractivity contribution in [2.24, 2.45) is 5.92 Å². The molecular formula is C52H53F2N5O9. The molecule has 0 bridgehead atoms. The van der Waals surface area contributed by atoms with Crippen molar-refractivity contribution in [3.63, 3.8) is 0 Å². The molecule has 2 atom stereocenters. The van der Waals surface area contributed by atoms with Crippen LogP contribution in [0.4, 0.5) is 8.78 Å². The number of phenolic OH excluding ortho intramolecular Hbond substituents is 1. The Morgan fingerprint density at radius 2 is 1.53 bits per heavy atom. The number of hydrogen-bond donors (Lipinski definition) is 7. The van der Waals surface area contributed by atoms with Gasteiger partial charge in [-0.05, 0) is 91.7 Å². The number of carbonyl (C=O) groups excluding carboxylic acids is 3. The molecule has 1 unspecified atom stereocenters. The lowest BCUT2D eigenvalue weighted by Crippen LogP contribution is -2.54. The summed E-state index contributed by atoms with van der Waals surface area (Å²) in [6.07, 6.45) is 1.27. The van der Waals surface area contributed by atoms with Gasteiger partial charge in [-0.25, -0.2) is 13.6 Å². The number of hydrogen-bond acceptors (Lipinski definition) is 11. The van der Waals surface area contributed by atoms with Crippen molar-refractivity contribution in [3.05, 3.63) is 177 Å². The molecular weight excluding hydrogens is 877 g/mol. The summed E-state index contributed by atoms with van der Waals surface area (Å²) in [5.74, 6) is -4.40. The SMILES string of the molecule is O=C(COc1cccc(C(O)(C(=O)OCC2CCN(Cc3ccccc3)CC2)c2ccccc2)c1)NC1CC(NC(=O)c2ccc(CNC[C@H](O)c3ccc(O)c4[nH]c(=O)ccc34)c(F)c2F)C1. The molecule has 2 aliphatic rings. The number of aromatic nitrogens is 1. The molecule has 1 aliphatic carbocycles. The van der Waals surface area contributed by atoms with Gasteiger partial charge >= 0.3 is 5.97 Å². The number of esters is 1. The van der Waals surface area contributed by atoms with Crippen molar-refractivity contribution in [3.8, 4) is 11.5 Å². The fourth-order valence-corrected chi connectivity index (χ4v) is 8.78. The molecule has 0 spiro atoms. The van der Waals surface area contributed by atoms with Crippen LogP contribution >= 0.6 is 0 Å². The molecule has 1 saturated heterocycles. The molecule has 68 heavy (non-hydrogen) atoms. The number of benzene rings is 5. The van der Waals surface area contributed by atoms with Crippen LogP contribution < -0.4 is 26.2 Å². The zero-order valence-corrected chi connectivity index (χ0v) is 37.1. The number of carbonyl (C=O) groups is 3. The van der Waals surface area contributed by atoms with E-state index in [0.717, 1.165) is 32.5 Å². The molecule has 7 N–H and O–H groups in total. The summed E-state index contributed by atoms with van der Waals surface area (Å²) in [5, 5.41) is 41.8. The second-order valence-electron chi connectivity index (χ2n) is 17.4. The van der Waals surface area contributed by atoms with E-state index in [1.165, 1.54) is 48.0 Å². The molecule has 5 aromatic carbocycles. The van der Waals surface area contributed by atoms with Gasteiger partial charge in [-0.3, -0.25) is 19.3 Å². The van der Waals surface area contributed by atoms with E-state index in [0.29, 0.717) is 29.4 Å². The van der Waals surface area contributed by atoms with Crippen molar-refractivity contribution in [2.75, 3.05) is 32.8 Å². The molecule has 2 heterocycles. The van der Waals surface area contributed by atoms with E-state index in [9.17, 15) is 34.5 Å². The molecule has 14 nitrogen and oxygen atoms in total. The molecule has 1 aliphatic heterocycles. The quantitative estimate of drug-likeness (QED) is 0.0538. The fraction of sp³-hybridized carbons (Fsp3) is 0.308. The van der Waals surface area contributed by atoms with E-state index in [1.54, 1.807) is 48.5 Å². The Kier molecular flexibility index (Phi) is 14.9. The largest absolute Gasteiger partial charge is 0.506 e. The van der Waals surface area contributed by atoms with Crippen molar-refractivity contribution < 1.29 is 48.0 Å². The van der Waals surface area contributed by atoms with Crippen LogP contribution in [0.2, 0.25) is 0 Å². The van der Waals surface area contributed by atoms with Crippen LogP contribution in [0.5, 0.6) is 11.5 Å². The number of rotatable bonds is 18. The maximum Gasteiger partial charge on any atom is 0.347 e. The summed E-state index contributed by atoms with van der Waals surface area (Å²) in [5.41, 5.74) is -0.791. The monoisotopic (exact) mass is 929 g/mol. The van der Waals surface area contributed by atoms with Gasteiger partial charge < -0.3 is 45.7 Å². The van der Waals surface area contributed by atoms with Crippen LogP contribution in [0.25, 0.3) is 10.9 Å². The number of fused-ring (bicyclic) bond motifs is 1. The second kappa shape index (κ2) is 21.3. The molecule has 8 rings (SSSR count). The number of ether oxygens (including phenoxy) is 2. The molecule has 2 amide bonds. The van der Waals surface area contributed by atoms with Crippen LogP contribution in [-0.4, -0.2) is 87.9 Å². The summed E-state index contributed by atoms with van der Waals surface area (Å²) in [6, 6.07) is 32.4. The zero-order valence-electron chi connectivity index (χ0n) is 37.1. The predicted octanol–water partition coefficient (Wildman–Crippen LogP) is 5.48. The number of phenols is 1. The van der Waals surface area contributed by atoms with Crippen molar-refractivity contribution in [1.82, 2.24) is 25.8 Å². The maximum atomic E-state index is 15.2. The highest BCUT2D eigenvalue weighted by molar-refractivity contribution is 5.95. The average Bonchev–Trinajstić information content (AvgIpc) is 3.34. The molecule has 16 heteroatoms. The minimum atomic E-state index is -2.15. The Hall–Kier alpha value is -6.98. The number of aliphatic hydroxyl groups is 2. The van der Waals surface area contributed by atoms with Crippen LogP contribution in [0.3, 0.4) is 0 Å². The molecule has 1 aromatic heterocycles. The summed E-state index contributed by atoms with van der Waals surface area (Å²) >= 11 is 0. The highest BCUT2D eigenvalue weighted by Crippen LogP contribution is 2.34. The van der Waals surface area contributed by atoms with Gasteiger partial charge in [-0.2, -0.15) is 0 Å². The first-order valence-electron chi connectivity index (χ1n) is 22.6. The van der Waals surface area contributed by atoms with Gasteiger partial charge in [0.05, 0.1) is 23.8 Å². The second-order valence-corrected chi connectivity index (χ2v) is 17.4. The van der Waals surface area contributed by atoms with Gasteiger partial charge in [-0.1, -0.05) is 84.9 Å². The number of pyridine rings is 1. The lowest BCUT2D eigenvalue weighted by molar-refractivity contribution is -0.164. The number of piperidine rings is 1. The lowest BCUT2D eigenvalue weighted by Gasteiger charge is -2.36. The summed E-state index contributed by atoms with van der Waals surface area (Å²) in [4.78, 5) is 56.4. The van der Waals surface area contributed by atoms with Gasteiger partial charge in [0.2, 0.25) is 11.2 Å². The molecule has 6 aromatic rings. The number of amides is 2. The van der Waals surface area contributed by atoms with Crippen LogP contribution in [0.1, 0.15) is 70.0 Å². The van der Waals surface area contributed by atoms with Gasteiger partial charge in [-0.15, -0.1) is 0 Å². The third-order valence-corrected chi connectivity index (χ3v) is 12.7. The maximum absolute atomic E-state index is 15.2. The predicted molar refractivity (Wildman–Crippen MR) is 248 cm³/mol. The van der Waals surface area contributed by atoms with E-state index in [2.05, 4.69) is 38.0 Å². The lowest BCUT2D eigenvalue weighted by atomic mass is 9.86. The number of likely N-dealkylation sites (tertiary alicyclic amines) is 1. The van der Waals surface area contributed by atoms with E-state index in [1.807, 2.05) is 18.2 Å². The average molecular weight is 930 g/mol. The minimum Gasteiger partial charge on any atom is -0.506 e. The molecule has 2 fully saturated rings. The Bertz CT molecular complexity index is 2800. The fourth-order valence-electron chi connectivity index (χ4n) is 8.78. The van der Waals surface area contributed by atoms with Gasteiger partial charge in [0.25, 0.3) is 11.8 Å². The normalized spacial score (nSPS) is 17.6. The van der Waals surface area contributed by atoms with Gasteiger partial charge in [0, 0.05) is 54.3 Å². The molecule has 354 valence electrons. The highest BCUT2D eigenvalue weighted by atomic mass is 19.2. The smallest absolute Gasteiger partial charge is 0.347 e. The molecule has 0 radical (unpaired) electrons. The van der Waals surface area contributed by atoms with Crippen LogP contribution in [0, 0.1) is 17.6 Å². The Morgan fingerprint density at radius 3 is 2.28 bits per heavy atom. The minimum absolute atomic E-state index is 0.0715. The number of halogens is 2. The number of H-pyrrole nitrogens is 1. The number of aromatic amines is 1. The first-order chi connectivity index (χ1) is 32.8. The van der Waals surface area contributed by atoms with E-state index in [4.69, 9.17) is 9.47 Å². The first kappa shape index (κ1) is 47.5. The van der Waals surface area contributed by atoms with Gasteiger partial charge in [0.15, 0.2) is 18.2 Å². The van der Waals surface area contributed by atoms with E-state index >= 15 is 8.78 Å². The van der Waals surface area contributed by atoms with Crippen LogP contribution in [-0.2, 0) is 33.0 Å². The van der Waals surface area contributed by atoms with Crippen LogP contribution in [0.15, 0.2) is 126 Å². The Balaban J connectivity index is 0.784. The number of nitrogens with one attached hydrogen (secondary N) is 4. The topological polar surface area (TPSA) is 203 Å². The van der Waals surface area contributed by atoms with E-state index in [-0.39, 0.29) is 66.4 Å². The first-order valence-corrected chi connectivity index (χ1v) is 22.6. The van der Waals surface area contributed by atoms with Crippen molar-refractivity contribution in [1.29, 1.82) is 0 Å². The third kappa shape index (κ3) is 11.1. The summed E-state index contributed by atoms with van der Waals surface area (Å²) in [6.45, 7) is 2.14. The summed E-state index contributed by atoms with van der Waals surface area (Å²) < 4.78 is 41.9. The Morgan fingerprint density at radius 1 is 0.824 bits per heavy atom. The molecule has 1 saturated carbocycles. The van der Waals surface area contributed by atoms with Crippen molar-refractivity contribution in [2.45, 2.75) is 62.6 Å².